The van der Waals surface area contributed by atoms with Gasteiger partial charge in [0.2, 0.25) is 5.89 Å². The molecule has 3 aromatic rings. The van der Waals surface area contributed by atoms with E-state index in [1.165, 1.54) is 6.07 Å². The number of nitrogens with zero attached hydrogens (tertiary/aromatic N) is 3. The number of rotatable bonds is 5. The normalized spacial score (nSPS) is 10.9. The summed E-state index contributed by atoms with van der Waals surface area (Å²) in [5.74, 6) is 0.268. The van der Waals surface area contributed by atoms with Gasteiger partial charge in [-0.2, -0.15) is 0 Å². The second kappa shape index (κ2) is 6.08. The minimum atomic E-state index is -0.425. The zero-order chi connectivity index (χ0) is 16.4. The molecule has 0 saturated heterocycles. The van der Waals surface area contributed by atoms with Crippen LogP contribution in [0.4, 0.5) is 11.4 Å². The van der Waals surface area contributed by atoms with E-state index in [9.17, 15) is 10.1 Å². The molecule has 0 aliphatic rings. The highest BCUT2D eigenvalue weighted by molar-refractivity contribution is 5.81. The Bertz CT molecular complexity index is 853. The van der Waals surface area contributed by atoms with Crippen molar-refractivity contribution in [1.29, 1.82) is 0 Å². The summed E-state index contributed by atoms with van der Waals surface area (Å²) in [5, 5.41) is 11.2. The van der Waals surface area contributed by atoms with Gasteiger partial charge in [-0.15, -0.1) is 0 Å². The maximum Gasteiger partial charge on any atom is 0.282 e. The second-order valence-corrected chi connectivity index (χ2v) is 5.12. The summed E-state index contributed by atoms with van der Waals surface area (Å²) >= 11 is 0. The molecule has 0 unspecified atom stereocenters. The number of anilines is 1. The fraction of sp³-hybridized carbons (Fsp3) is 0.235. The van der Waals surface area contributed by atoms with E-state index in [-0.39, 0.29) is 11.6 Å². The molecule has 1 heterocycles. The number of oxazole rings is 1. The van der Waals surface area contributed by atoms with Gasteiger partial charge in [-0.05, 0) is 32.0 Å². The summed E-state index contributed by atoms with van der Waals surface area (Å²) in [4.78, 5) is 17.3. The highest BCUT2D eigenvalue weighted by Gasteiger charge is 2.19. The zero-order valence-corrected chi connectivity index (χ0v) is 13.0. The van der Waals surface area contributed by atoms with Crippen molar-refractivity contribution in [2.75, 3.05) is 18.0 Å². The lowest BCUT2D eigenvalue weighted by molar-refractivity contribution is -0.384. The van der Waals surface area contributed by atoms with Crippen molar-refractivity contribution in [3.63, 3.8) is 0 Å². The van der Waals surface area contributed by atoms with Crippen molar-refractivity contribution < 1.29 is 9.34 Å². The van der Waals surface area contributed by atoms with Crippen molar-refractivity contribution >= 4 is 22.5 Å². The first kappa shape index (κ1) is 15.0. The summed E-state index contributed by atoms with van der Waals surface area (Å²) in [6.07, 6.45) is 0. The van der Waals surface area contributed by atoms with Crippen LogP contribution in [0.15, 0.2) is 46.9 Å². The molecule has 0 bridgehead atoms. The first-order valence-corrected chi connectivity index (χ1v) is 7.53. The summed E-state index contributed by atoms with van der Waals surface area (Å²) in [6.45, 7) is 5.97. The van der Waals surface area contributed by atoms with Crippen LogP contribution in [0.25, 0.3) is 22.6 Å². The highest BCUT2D eigenvalue weighted by Crippen LogP contribution is 2.32. The smallest absolute Gasteiger partial charge is 0.282 e. The standard InChI is InChI=1S/C17H17N3O3/c1-3-19(4-2)12-9-10-14-16(11-12)23-17(18-14)13-7-5-6-8-15(13)20(21)22/h5-11H,3-4H2,1-2H3. The van der Waals surface area contributed by atoms with E-state index in [1.54, 1.807) is 18.2 Å². The molecule has 0 N–H and O–H groups in total. The van der Waals surface area contributed by atoms with Gasteiger partial charge in [0, 0.05) is 30.9 Å². The van der Waals surface area contributed by atoms with Crippen molar-refractivity contribution in [3.05, 3.63) is 52.6 Å². The van der Waals surface area contributed by atoms with E-state index >= 15 is 0 Å². The number of benzene rings is 2. The Balaban J connectivity index is 2.09. The number of para-hydroxylation sites is 1. The van der Waals surface area contributed by atoms with E-state index in [2.05, 4.69) is 23.7 Å². The molecule has 118 valence electrons. The summed E-state index contributed by atoms with van der Waals surface area (Å²) < 4.78 is 5.78. The van der Waals surface area contributed by atoms with Gasteiger partial charge in [-0.3, -0.25) is 10.1 Å². The molecular weight excluding hydrogens is 294 g/mol. The minimum absolute atomic E-state index is 0.0111. The molecule has 1 aromatic heterocycles. The number of nitro groups is 1. The van der Waals surface area contributed by atoms with Crippen LogP contribution in [-0.4, -0.2) is 23.0 Å². The van der Waals surface area contributed by atoms with Gasteiger partial charge in [0.15, 0.2) is 5.58 Å². The molecule has 0 saturated carbocycles. The summed E-state index contributed by atoms with van der Waals surface area (Å²) in [5.41, 5.74) is 2.74. The predicted octanol–water partition coefficient (Wildman–Crippen LogP) is 4.25. The van der Waals surface area contributed by atoms with Crippen LogP contribution in [-0.2, 0) is 0 Å². The minimum Gasteiger partial charge on any atom is -0.436 e. The molecule has 3 rings (SSSR count). The van der Waals surface area contributed by atoms with Crippen molar-refractivity contribution in [1.82, 2.24) is 4.98 Å². The quantitative estimate of drug-likeness (QED) is 0.520. The van der Waals surface area contributed by atoms with Crippen LogP contribution in [0.5, 0.6) is 0 Å². The van der Waals surface area contributed by atoms with Gasteiger partial charge in [0.1, 0.15) is 11.1 Å². The van der Waals surface area contributed by atoms with Gasteiger partial charge in [0.25, 0.3) is 5.69 Å². The van der Waals surface area contributed by atoms with E-state index in [0.717, 1.165) is 18.8 Å². The Hall–Kier alpha value is -2.89. The van der Waals surface area contributed by atoms with Crippen LogP contribution in [0.1, 0.15) is 13.8 Å². The van der Waals surface area contributed by atoms with Crippen molar-refractivity contribution in [3.8, 4) is 11.5 Å². The van der Waals surface area contributed by atoms with Crippen LogP contribution < -0.4 is 4.90 Å². The Morgan fingerprint density at radius 2 is 1.91 bits per heavy atom. The number of aromatic nitrogens is 1. The largest absolute Gasteiger partial charge is 0.436 e. The number of hydrogen-bond acceptors (Lipinski definition) is 5. The first-order valence-electron chi connectivity index (χ1n) is 7.53. The molecule has 2 aromatic carbocycles. The van der Waals surface area contributed by atoms with Gasteiger partial charge in [-0.1, -0.05) is 12.1 Å². The Labute approximate surface area is 133 Å². The van der Waals surface area contributed by atoms with Crippen LogP contribution in [0.2, 0.25) is 0 Å². The lowest BCUT2D eigenvalue weighted by Crippen LogP contribution is -2.21. The van der Waals surface area contributed by atoms with Crippen LogP contribution in [0, 0.1) is 10.1 Å². The number of hydrogen-bond donors (Lipinski definition) is 0. The zero-order valence-electron chi connectivity index (χ0n) is 13.0. The van der Waals surface area contributed by atoms with Crippen molar-refractivity contribution in [2.45, 2.75) is 13.8 Å². The maximum absolute atomic E-state index is 11.2. The van der Waals surface area contributed by atoms with Gasteiger partial charge in [-0.25, -0.2) is 4.98 Å². The number of fused-ring (bicyclic) bond motifs is 1. The average molecular weight is 311 g/mol. The molecule has 0 radical (unpaired) electrons. The fourth-order valence-corrected chi connectivity index (χ4v) is 2.63. The molecular formula is C17H17N3O3. The molecule has 6 nitrogen and oxygen atoms in total. The summed E-state index contributed by atoms with van der Waals surface area (Å²) in [6, 6.07) is 12.3. The van der Waals surface area contributed by atoms with Crippen LogP contribution >= 0.6 is 0 Å². The third-order valence-electron chi connectivity index (χ3n) is 3.83. The monoisotopic (exact) mass is 311 g/mol. The second-order valence-electron chi connectivity index (χ2n) is 5.12. The molecule has 0 spiro atoms. The molecule has 0 aliphatic heterocycles. The summed E-state index contributed by atoms with van der Waals surface area (Å²) in [7, 11) is 0. The van der Waals surface area contributed by atoms with Crippen molar-refractivity contribution in [2.24, 2.45) is 0 Å². The predicted molar refractivity (Wildman–Crippen MR) is 89.7 cm³/mol. The third kappa shape index (κ3) is 2.75. The van der Waals surface area contributed by atoms with Gasteiger partial charge >= 0.3 is 0 Å². The Morgan fingerprint density at radius 3 is 2.61 bits per heavy atom. The van der Waals surface area contributed by atoms with E-state index in [4.69, 9.17) is 4.42 Å². The molecule has 23 heavy (non-hydrogen) atoms. The van der Waals surface area contributed by atoms with Gasteiger partial charge < -0.3 is 9.32 Å². The van der Waals surface area contributed by atoms with E-state index in [0.29, 0.717) is 16.7 Å². The van der Waals surface area contributed by atoms with E-state index < -0.39 is 4.92 Å². The van der Waals surface area contributed by atoms with Crippen LogP contribution in [0.3, 0.4) is 0 Å². The van der Waals surface area contributed by atoms with Gasteiger partial charge in [0.05, 0.1) is 4.92 Å². The third-order valence-corrected chi connectivity index (χ3v) is 3.83. The molecule has 0 aliphatic carbocycles. The lowest BCUT2D eigenvalue weighted by atomic mass is 10.2. The average Bonchev–Trinajstić information content (AvgIpc) is 2.99. The Morgan fingerprint density at radius 1 is 1.17 bits per heavy atom. The first-order chi connectivity index (χ1) is 11.1. The Kier molecular flexibility index (Phi) is 3.97. The molecule has 0 amide bonds. The molecule has 6 heteroatoms. The SMILES string of the molecule is CCN(CC)c1ccc2nc(-c3ccccc3[N+](=O)[O-])oc2c1. The fourth-order valence-electron chi connectivity index (χ4n) is 2.63. The number of nitro benzene ring substituents is 1. The topological polar surface area (TPSA) is 72.4 Å². The van der Waals surface area contributed by atoms with E-state index in [1.807, 2.05) is 18.2 Å². The lowest BCUT2D eigenvalue weighted by Gasteiger charge is -2.20. The molecule has 0 fully saturated rings. The highest BCUT2D eigenvalue weighted by atomic mass is 16.6. The maximum atomic E-state index is 11.2. The molecule has 0 atom stereocenters.